The summed E-state index contributed by atoms with van der Waals surface area (Å²) in [4.78, 5) is 0.136. The Morgan fingerprint density at radius 3 is 2.20 bits per heavy atom. The van der Waals surface area contributed by atoms with Crippen LogP contribution in [0.25, 0.3) is 0 Å². The molecule has 0 aliphatic rings. The molecule has 0 saturated carbocycles. The first-order valence-corrected chi connectivity index (χ1v) is 9.46. The Labute approximate surface area is 147 Å². The van der Waals surface area contributed by atoms with Crippen LogP contribution in [0.5, 0.6) is 0 Å². The molecule has 0 atom stereocenters. The van der Waals surface area contributed by atoms with Crippen molar-refractivity contribution in [3.05, 3.63) is 54.8 Å². The van der Waals surface area contributed by atoms with E-state index in [0.717, 1.165) is 8.95 Å². The van der Waals surface area contributed by atoms with E-state index in [-0.39, 0.29) is 4.90 Å². The van der Waals surface area contributed by atoms with Crippen molar-refractivity contribution in [2.24, 2.45) is 0 Å². The fourth-order valence-electron chi connectivity index (χ4n) is 1.47. The van der Waals surface area contributed by atoms with Crippen molar-refractivity contribution < 1.29 is 8.42 Å². The third kappa shape index (κ3) is 3.76. The lowest BCUT2D eigenvalue weighted by Crippen LogP contribution is -2.13. The van der Waals surface area contributed by atoms with Crippen molar-refractivity contribution in [2.75, 3.05) is 4.72 Å². The van der Waals surface area contributed by atoms with Crippen LogP contribution in [0.1, 0.15) is 0 Å². The van der Waals surface area contributed by atoms with Crippen LogP contribution in [0.15, 0.2) is 54.7 Å². The number of hydrogen-bond donors (Lipinski definition) is 1. The van der Waals surface area contributed by atoms with E-state index >= 15 is 0 Å². The van der Waals surface area contributed by atoms with Crippen molar-refractivity contribution in [3.63, 3.8) is 0 Å². The van der Waals surface area contributed by atoms with Gasteiger partial charge in [0.05, 0.1) is 10.7 Å². The van der Waals surface area contributed by atoms with E-state index in [1.807, 2.05) is 0 Å². The summed E-state index contributed by atoms with van der Waals surface area (Å²) in [6, 6.07) is 9.77. The molecule has 2 aromatic rings. The molecule has 0 spiro atoms. The second-order valence-electron chi connectivity index (χ2n) is 3.80. The highest BCUT2D eigenvalue weighted by molar-refractivity contribution is 9.11. The molecule has 2 rings (SSSR count). The van der Waals surface area contributed by atoms with Gasteiger partial charge in [-0.1, -0.05) is 43.5 Å². The van der Waals surface area contributed by atoms with E-state index in [1.54, 1.807) is 30.3 Å². The van der Waals surface area contributed by atoms with Crippen molar-refractivity contribution in [1.29, 1.82) is 0 Å². The van der Waals surface area contributed by atoms with Gasteiger partial charge in [-0.05, 0) is 52.3 Å². The number of halogens is 4. The molecule has 0 bridgehead atoms. The fourth-order valence-corrected chi connectivity index (χ4v) is 4.87. The third-order valence-corrected chi connectivity index (χ3v) is 6.01. The highest BCUT2D eigenvalue weighted by Gasteiger charge is 2.19. The van der Waals surface area contributed by atoms with Crippen molar-refractivity contribution >= 4 is 75.1 Å². The standard InChI is InChI=1S/C12H7Br3ClNO2S/c13-7-2-4-12(9(15)5-7)20(18,19)17-11-6-8(14)1-3-10(11)16/h1-6,17H. The molecule has 0 unspecified atom stereocenters. The maximum atomic E-state index is 12.4. The SMILES string of the molecule is O=S(=O)(Nc1cc(Br)ccc1Cl)c1ccc(Br)cc1Br. The third-order valence-electron chi connectivity index (χ3n) is 2.36. The van der Waals surface area contributed by atoms with Gasteiger partial charge < -0.3 is 0 Å². The van der Waals surface area contributed by atoms with Gasteiger partial charge in [0.15, 0.2) is 0 Å². The Morgan fingerprint density at radius 2 is 1.55 bits per heavy atom. The molecule has 106 valence electrons. The molecule has 20 heavy (non-hydrogen) atoms. The Kier molecular flexibility index (Phi) is 5.18. The first kappa shape index (κ1) is 16.3. The van der Waals surface area contributed by atoms with E-state index in [1.165, 1.54) is 6.07 Å². The van der Waals surface area contributed by atoms with Gasteiger partial charge in [0.25, 0.3) is 10.0 Å². The topological polar surface area (TPSA) is 46.2 Å². The zero-order chi connectivity index (χ0) is 14.9. The molecule has 0 amide bonds. The molecule has 0 aliphatic carbocycles. The van der Waals surface area contributed by atoms with Crippen LogP contribution in [0, 0.1) is 0 Å². The predicted molar refractivity (Wildman–Crippen MR) is 91.8 cm³/mol. The molecule has 3 nitrogen and oxygen atoms in total. The fraction of sp³-hybridized carbons (Fsp3) is 0. The van der Waals surface area contributed by atoms with Crippen LogP contribution >= 0.6 is 59.4 Å². The minimum absolute atomic E-state index is 0.136. The van der Waals surface area contributed by atoms with Gasteiger partial charge in [0.1, 0.15) is 4.90 Å². The summed E-state index contributed by atoms with van der Waals surface area (Å²) in [5.41, 5.74) is 0.316. The number of nitrogens with one attached hydrogen (secondary N) is 1. The van der Waals surface area contributed by atoms with Gasteiger partial charge in [0.2, 0.25) is 0 Å². The molecule has 0 heterocycles. The highest BCUT2D eigenvalue weighted by atomic mass is 79.9. The van der Waals surface area contributed by atoms with E-state index in [2.05, 4.69) is 52.5 Å². The second kappa shape index (κ2) is 6.36. The van der Waals surface area contributed by atoms with Gasteiger partial charge in [-0.3, -0.25) is 4.72 Å². The van der Waals surface area contributed by atoms with Crippen LogP contribution in [0.4, 0.5) is 5.69 Å². The van der Waals surface area contributed by atoms with E-state index in [9.17, 15) is 8.42 Å². The van der Waals surface area contributed by atoms with E-state index < -0.39 is 10.0 Å². The Morgan fingerprint density at radius 1 is 0.950 bits per heavy atom. The van der Waals surface area contributed by atoms with E-state index in [0.29, 0.717) is 15.2 Å². The molecular weight excluding hydrogens is 497 g/mol. The summed E-state index contributed by atoms with van der Waals surface area (Å²) in [7, 11) is -3.72. The molecule has 0 fully saturated rings. The lowest BCUT2D eigenvalue weighted by Gasteiger charge is -2.11. The van der Waals surface area contributed by atoms with Crippen LogP contribution < -0.4 is 4.72 Å². The van der Waals surface area contributed by atoms with Crippen LogP contribution in [-0.4, -0.2) is 8.42 Å². The van der Waals surface area contributed by atoms with Crippen LogP contribution in [0.3, 0.4) is 0 Å². The molecule has 0 saturated heterocycles. The van der Waals surface area contributed by atoms with Gasteiger partial charge in [-0.2, -0.15) is 0 Å². The molecule has 0 aliphatic heterocycles. The predicted octanol–water partition coefficient (Wildman–Crippen LogP) is 5.43. The summed E-state index contributed by atoms with van der Waals surface area (Å²) >= 11 is 15.8. The number of rotatable bonds is 3. The molecule has 8 heteroatoms. The molecule has 0 radical (unpaired) electrons. The Bertz CT molecular complexity index is 765. The van der Waals surface area contributed by atoms with Crippen LogP contribution in [0.2, 0.25) is 5.02 Å². The minimum atomic E-state index is -3.72. The summed E-state index contributed by atoms with van der Waals surface area (Å²) in [5, 5.41) is 0.324. The number of anilines is 1. The van der Waals surface area contributed by atoms with Gasteiger partial charge in [-0.15, -0.1) is 0 Å². The van der Waals surface area contributed by atoms with Gasteiger partial charge in [0, 0.05) is 13.4 Å². The maximum absolute atomic E-state index is 12.4. The maximum Gasteiger partial charge on any atom is 0.263 e. The quantitative estimate of drug-likeness (QED) is 0.606. The Balaban J connectivity index is 2.43. The molecule has 0 aromatic heterocycles. The first-order chi connectivity index (χ1) is 9.29. The monoisotopic (exact) mass is 501 g/mol. The smallest absolute Gasteiger partial charge is 0.263 e. The number of sulfonamides is 1. The zero-order valence-electron chi connectivity index (χ0n) is 9.70. The lowest BCUT2D eigenvalue weighted by atomic mass is 10.3. The lowest BCUT2D eigenvalue weighted by molar-refractivity contribution is 0.600. The molecule has 1 N–H and O–H groups in total. The minimum Gasteiger partial charge on any atom is -0.278 e. The van der Waals surface area contributed by atoms with Crippen molar-refractivity contribution in [1.82, 2.24) is 0 Å². The summed E-state index contributed by atoms with van der Waals surface area (Å²) in [5.74, 6) is 0. The number of hydrogen-bond acceptors (Lipinski definition) is 2. The van der Waals surface area contributed by atoms with Gasteiger partial charge in [-0.25, -0.2) is 8.42 Å². The second-order valence-corrected chi connectivity index (χ2v) is 8.55. The van der Waals surface area contributed by atoms with E-state index in [4.69, 9.17) is 11.6 Å². The van der Waals surface area contributed by atoms with Crippen molar-refractivity contribution in [2.45, 2.75) is 4.90 Å². The molecular formula is C12H7Br3ClNO2S. The summed E-state index contributed by atoms with van der Waals surface area (Å²) < 4.78 is 29.2. The zero-order valence-corrected chi connectivity index (χ0v) is 16.0. The van der Waals surface area contributed by atoms with Crippen molar-refractivity contribution in [3.8, 4) is 0 Å². The largest absolute Gasteiger partial charge is 0.278 e. The van der Waals surface area contributed by atoms with Gasteiger partial charge >= 0.3 is 0 Å². The normalized spacial score (nSPS) is 11.4. The summed E-state index contributed by atoms with van der Waals surface area (Å²) in [6.45, 7) is 0. The first-order valence-electron chi connectivity index (χ1n) is 5.22. The molecule has 2 aromatic carbocycles. The average molecular weight is 504 g/mol. The summed E-state index contributed by atoms with van der Waals surface area (Å²) in [6.07, 6.45) is 0. The average Bonchev–Trinajstić information content (AvgIpc) is 2.33. The Hall–Kier alpha value is -0.0800. The number of benzene rings is 2. The van der Waals surface area contributed by atoms with Crippen LogP contribution in [-0.2, 0) is 10.0 Å². The highest BCUT2D eigenvalue weighted by Crippen LogP contribution is 2.31.